The third kappa shape index (κ3) is 4.40. The lowest BCUT2D eigenvalue weighted by molar-refractivity contribution is 0.0271. The Balaban J connectivity index is 1.42. The van der Waals surface area contributed by atoms with Gasteiger partial charge in [-0.2, -0.15) is 0 Å². The number of hydrogen-bond donors (Lipinski definition) is 2. The standard InChI is InChI=1S/C13H26N2O/c1-2-5-13(6-3-1)16-10-4-8-15-12-7-9-14-11-12/h12-15H,1-11H2. The van der Waals surface area contributed by atoms with E-state index in [1.165, 1.54) is 45.1 Å². The van der Waals surface area contributed by atoms with Gasteiger partial charge in [0.1, 0.15) is 0 Å². The van der Waals surface area contributed by atoms with Crippen LogP contribution in [0.3, 0.4) is 0 Å². The number of nitrogens with one attached hydrogen (secondary N) is 2. The topological polar surface area (TPSA) is 33.3 Å². The number of rotatable bonds is 6. The van der Waals surface area contributed by atoms with Crippen LogP contribution in [0, 0.1) is 0 Å². The van der Waals surface area contributed by atoms with Crippen LogP contribution in [-0.2, 0) is 4.74 Å². The van der Waals surface area contributed by atoms with E-state index in [1.807, 2.05) is 0 Å². The summed E-state index contributed by atoms with van der Waals surface area (Å²) >= 11 is 0. The fraction of sp³-hybridized carbons (Fsp3) is 1.00. The molecule has 1 atom stereocenters. The van der Waals surface area contributed by atoms with Crippen LogP contribution in [0.4, 0.5) is 0 Å². The Hall–Kier alpha value is -0.120. The van der Waals surface area contributed by atoms with E-state index in [-0.39, 0.29) is 0 Å². The first-order chi connectivity index (χ1) is 7.95. The molecule has 0 aromatic heterocycles. The van der Waals surface area contributed by atoms with Crippen LogP contribution >= 0.6 is 0 Å². The number of hydrogen-bond acceptors (Lipinski definition) is 3. The normalized spacial score (nSPS) is 27.4. The zero-order valence-electron chi connectivity index (χ0n) is 10.3. The van der Waals surface area contributed by atoms with Crippen LogP contribution in [0.2, 0.25) is 0 Å². The lowest BCUT2D eigenvalue weighted by atomic mass is 9.98. The molecule has 2 aliphatic rings. The van der Waals surface area contributed by atoms with E-state index in [4.69, 9.17) is 4.74 Å². The summed E-state index contributed by atoms with van der Waals surface area (Å²) in [5.74, 6) is 0. The Morgan fingerprint density at radius 3 is 2.75 bits per heavy atom. The van der Waals surface area contributed by atoms with Gasteiger partial charge in [-0.15, -0.1) is 0 Å². The quantitative estimate of drug-likeness (QED) is 0.676. The van der Waals surface area contributed by atoms with Crippen LogP contribution in [0.25, 0.3) is 0 Å². The van der Waals surface area contributed by atoms with Crippen molar-refractivity contribution in [3.8, 4) is 0 Å². The molecular weight excluding hydrogens is 200 g/mol. The predicted molar refractivity (Wildman–Crippen MR) is 66.7 cm³/mol. The summed E-state index contributed by atoms with van der Waals surface area (Å²) in [6.07, 6.45) is 9.75. The first kappa shape index (κ1) is 12.3. The summed E-state index contributed by atoms with van der Waals surface area (Å²) in [7, 11) is 0. The van der Waals surface area contributed by atoms with Gasteiger partial charge in [0.2, 0.25) is 0 Å². The second-order valence-corrected chi connectivity index (χ2v) is 5.13. The highest BCUT2D eigenvalue weighted by atomic mass is 16.5. The minimum atomic E-state index is 0.571. The van der Waals surface area contributed by atoms with Crippen molar-refractivity contribution in [1.29, 1.82) is 0 Å². The second kappa shape index (κ2) is 7.25. The van der Waals surface area contributed by atoms with Crippen LogP contribution in [0.1, 0.15) is 44.9 Å². The first-order valence-electron chi connectivity index (χ1n) is 7.01. The summed E-state index contributed by atoms with van der Waals surface area (Å²) < 4.78 is 5.89. The summed E-state index contributed by atoms with van der Waals surface area (Å²) in [4.78, 5) is 0. The van der Waals surface area contributed by atoms with Gasteiger partial charge in [0.15, 0.2) is 0 Å². The lowest BCUT2D eigenvalue weighted by Crippen LogP contribution is -2.32. The maximum atomic E-state index is 5.89. The van der Waals surface area contributed by atoms with Crippen molar-refractivity contribution in [3.05, 3.63) is 0 Å². The van der Waals surface area contributed by atoms with Crippen molar-refractivity contribution in [1.82, 2.24) is 10.6 Å². The van der Waals surface area contributed by atoms with Crippen molar-refractivity contribution < 1.29 is 4.74 Å². The molecule has 1 saturated carbocycles. The van der Waals surface area contributed by atoms with Gasteiger partial charge >= 0.3 is 0 Å². The van der Waals surface area contributed by atoms with Gasteiger partial charge in [-0.05, 0) is 38.8 Å². The molecule has 1 saturated heterocycles. The summed E-state index contributed by atoms with van der Waals surface area (Å²) in [5, 5.41) is 6.95. The van der Waals surface area contributed by atoms with Gasteiger partial charge in [-0.1, -0.05) is 19.3 Å². The van der Waals surface area contributed by atoms with Crippen molar-refractivity contribution >= 4 is 0 Å². The monoisotopic (exact) mass is 226 g/mol. The Morgan fingerprint density at radius 2 is 2.00 bits per heavy atom. The van der Waals surface area contributed by atoms with Gasteiger partial charge < -0.3 is 15.4 Å². The molecule has 0 aromatic rings. The summed E-state index contributed by atoms with van der Waals surface area (Å²) in [6, 6.07) is 0.703. The zero-order chi connectivity index (χ0) is 11.1. The molecule has 1 aliphatic heterocycles. The molecule has 1 heterocycles. The highest BCUT2D eigenvalue weighted by Gasteiger charge is 2.14. The van der Waals surface area contributed by atoms with Crippen LogP contribution in [0.5, 0.6) is 0 Å². The second-order valence-electron chi connectivity index (χ2n) is 5.13. The van der Waals surface area contributed by atoms with Crippen molar-refractivity contribution in [2.24, 2.45) is 0 Å². The molecule has 0 amide bonds. The molecule has 3 heteroatoms. The van der Waals surface area contributed by atoms with E-state index in [2.05, 4.69) is 10.6 Å². The average Bonchev–Trinajstić information content (AvgIpc) is 2.83. The van der Waals surface area contributed by atoms with E-state index in [9.17, 15) is 0 Å². The third-order valence-electron chi connectivity index (χ3n) is 3.72. The Kier molecular flexibility index (Phi) is 5.59. The Morgan fingerprint density at radius 1 is 1.12 bits per heavy atom. The molecule has 2 rings (SSSR count). The molecule has 0 aromatic carbocycles. The molecular formula is C13H26N2O. The molecule has 3 nitrogen and oxygen atoms in total. The molecule has 2 fully saturated rings. The first-order valence-corrected chi connectivity index (χ1v) is 7.01. The van der Waals surface area contributed by atoms with Crippen molar-refractivity contribution in [3.63, 3.8) is 0 Å². The number of ether oxygens (including phenoxy) is 1. The van der Waals surface area contributed by atoms with Gasteiger partial charge in [0.25, 0.3) is 0 Å². The molecule has 0 spiro atoms. The van der Waals surface area contributed by atoms with Crippen LogP contribution in [-0.4, -0.2) is 38.4 Å². The van der Waals surface area contributed by atoms with Gasteiger partial charge in [-0.25, -0.2) is 0 Å². The molecule has 1 unspecified atom stereocenters. The predicted octanol–water partition coefficient (Wildman–Crippen LogP) is 1.68. The molecule has 1 aliphatic carbocycles. The zero-order valence-corrected chi connectivity index (χ0v) is 10.3. The van der Waals surface area contributed by atoms with Gasteiger partial charge in [0.05, 0.1) is 6.10 Å². The molecule has 16 heavy (non-hydrogen) atoms. The van der Waals surface area contributed by atoms with E-state index < -0.39 is 0 Å². The fourth-order valence-electron chi connectivity index (χ4n) is 2.69. The van der Waals surface area contributed by atoms with Gasteiger partial charge in [-0.3, -0.25) is 0 Å². The Bertz CT molecular complexity index is 175. The van der Waals surface area contributed by atoms with Crippen LogP contribution in [0.15, 0.2) is 0 Å². The largest absolute Gasteiger partial charge is 0.378 e. The van der Waals surface area contributed by atoms with E-state index in [0.29, 0.717) is 12.1 Å². The van der Waals surface area contributed by atoms with E-state index in [1.54, 1.807) is 0 Å². The molecule has 94 valence electrons. The fourth-order valence-corrected chi connectivity index (χ4v) is 2.69. The molecule has 2 N–H and O–H groups in total. The van der Waals surface area contributed by atoms with E-state index in [0.717, 1.165) is 26.1 Å². The van der Waals surface area contributed by atoms with Crippen molar-refractivity contribution in [2.45, 2.75) is 57.1 Å². The maximum Gasteiger partial charge on any atom is 0.0575 e. The molecule has 0 radical (unpaired) electrons. The minimum absolute atomic E-state index is 0.571. The van der Waals surface area contributed by atoms with Crippen LogP contribution < -0.4 is 10.6 Å². The maximum absolute atomic E-state index is 5.89. The minimum Gasteiger partial charge on any atom is -0.378 e. The smallest absolute Gasteiger partial charge is 0.0575 e. The highest BCUT2D eigenvalue weighted by Crippen LogP contribution is 2.20. The summed E-state index contributed by atoms with van der Waals surface area (Å²) in [6.45, 7) is 4.37. The summed E-state index contributed by atoms with van der Waals surface area (Å²) in [5.41, 5.74) is 0. The van der Waals surface area contributed by atoms with Crippen molar-refractivity contribution in [2.75, 3.05) is 26.2 Å². The Labute approximate surface area is 99.3 Å². The van der Waals surface area contributed by atoms with Gasteiger partial charge in [0, 0.05) is 19.2 Å². The lowest BCUT2D eigenvalue weighted by Gasteiger charge is -2.22. The molecule has 0 bridgehead atoms. The third-order valence-corrected chi connectivity index (χ3v) is 3.72. The highest BCUT2D eigenvalue weighted by molar-refractivity contribution is 4.76. The van der Waals surface area contributed by atoms with E-state index >= 15 is 0 Å². The SMILES string of the molecule is C1CCC(OCCCNC2CCNC2)CC1. The average molecular weight is 226 g/mol.